The Balaban J connectivity index is 1.95. The van der Waals surface area contributed by atoms with Gasteiger partial charge in [0.2, 0.25) is 5.91 Å². The van der Waals surface area contributed by atoms with E-state index in [1.165, 1.54) is 0 Å². The van der Waals surface area contributed by atoms with Gasteiger partial charge in [0, 0.05) is 18.3 Å². The van der Waals surface area contributed by atoms with Gasteiger partial charge >= 0.3 is 0 Å². The van der Waals surface area contributed by atoms with E-state index in [0.717, 1.165) is 11.1 Å². The van der Waals surface area contributed by atoms with E-state index in [2.05, 4.69) is 15.5 Å². The molecule has 0 fully saturated rings. The van der Waals surface area contributed by atoms with Crippen molar-refractivity contribution in [3.8, 4) is 0 Å². The molecule has 5 nitrogen and oxygen atoms in total. The number of aromatic amines is 1. The highest BCUT2D eigenvalue weighted by atomic mass is 16.1. The molecule has 0 saturated heterocycles. The summed E-state index contributed by atoms with van der Waals surface area (Å²) in [7, 11) is 0. The number of aromatic nitrogens is 2. The molecule has 1 amide bonds. The van der Waals surface area contributed by atoms with Crippen LogP contribution in [0.4, 0.5) is 0 Å². The van der Waals surface area contributed by atoms with Crippen molar-refractivity contribution in [3.63, 3.8) is 0 Å². The minimum absolute atomic E-state index is 0.0231. The van der Waals surface area contributed by atoms with Crippen LogP contribution < -0.4 is 11.1 Å². The van der Waals surface area contributed by atoms with Gasteiger partial charge in [0.15, 0.2) is 0 Å². The van der Waals surface area contributed by atoms with Crippen LogP contribution in [0, 0.1) is 5.92 Å². The summed E-state index contributed by atoms with van der Waals surface area (Å²) in [6.45, 7) is 2.26. The molecule has 0 aliphatic carbocycles. The number of H-pyrrole nitrogens is 1. The molecule has 20 heavy (non-hydrogen) atoms. The summed E-state index contributed by atoms with van der Waals surface area (Å²) >= 11 is 0. The summed E-state index contributed by atoms with van der Waals surface area (Å²) in [5, 5.41) is 9.60. The highest BCUT2D eigenvalue weighted by Crippen LogP contribution is 2.13. The van der Waals surface area contributed by atoms with Gasteiger partial charge in [-0.1, -0.05) is 30.3 Å². The minimum atomic E-state index is -0.216. The lowest BCUT2D eigenvalue weighted by atomic mass is 9.98. The molecule has 0 aliphatic rings. The number of hydrogen-bond donors (Lipinski definition) is 3. The van der Waals surface area contributed by atoms with E-state index >= 15 is 0 Å². The number of benzene rings is 1. The molecule has 1 heterocycles. The third-order valence-electron chi connectivity index (χ3n) is 3.36. The van der Waals surface area contributed by atoms with E-state index < -0.39 is 0 Å². The van der Waals surface area contributed by atoms with E-state index in [-0.39, 0.29) is 17.9 Å². The van der Waals surface area contributed by atoms with Crippen LogP contribution in [0.1, 0.15) is 24.1 Å². The summed E-state index contributed by atoms with van der Waals surface area (Å²) in [5.74, 6) is -0.239. The van der Waals surface area contributed by atoms with Crippen molar-refractivity contribution < 1.29 is 4.79 Å². The zero-order valence-corrected chi connectivity index (χ0v) is 11.5. The maximum Gasteiger partial charge on any atom is 0.225 e. The Hall–Kier alpha value is -2.14. The highest BCUT2D eigenvalue weighted by Gasteiger charge is 2.19. The topological polar surface area (TPSA) is 83.8 Å². The second-order valence-electron chi connectivity index (χ2n) is 4.88. The molecule has 106 valence electrons. The maximum atomic E-state index is 12.3. The molecule has 0 saturated carbocycles. The zero-order valence-electron chi connectivity index (χ0n) is 11.5. The molecule has 0 radical (unpaired) electrons. The normalized spacial score (nSPS) is 13.7. The summed E-state index contributed by atoms with van der Waals surface area (Å²) in [6.07, 6.45) is 4.14. The number of rotatable bonds is 6. The van der Waals surface area contributed by atoms with Crippen molar-refractivity contribution in [1.82, 2.24) is 15.5 Å². The van der Waals surface area contributed by atoms with Crippen LogP contribution in [-0.4, -0.2) is 22.6 Å². The monoisotopic (exact) mass is 272 g/mol. The van der Waals surface area contributed by atoms with Crippen molar-refractivity contribution in [2.75, 3.05) is 6.54 Å². The van der Waals surface area contributed by atoms with E-state index in [1.807, 2.05) is 37.3 Å². The fraction of sp³-hybridized carbons (Fsp3) is 0.333. The van der Waals surface area contributed by atoms with Crippen molar-refractivity contribution in [2.45, 2.75) is 19.4 Å². The number of amides is 1. The highest BCUT2D eigenvalue weighted by molar-refractivity contribution is 5.79. The minimum Gasteiger partial charge on any atom is -0.349 e. The van der Waals surface area contributed by atoms with Gasteiger partial charge < -0.3 is 11.1 Å². The molecule has 0 bridgehead atoms. The van der Waals surface area contributed by atoms with Crippen molar-refractivity contribution in [1.29, 1.82) is 0 Å². The molecular weight excluding hydrogens is 252 g/mol. The second-order valence-corrected chi connectivity index (χ2v) is 4.88. The lowest BCUT2D eigenvalue weighted by Gasteiger charge is -2.18. The van der Waals surface area contributed by atoms with E-state index in [0.29, 0.717) is 13.0 Å². The number of hydrogen-bond acceptors (Lipinski definition) is 3. The van der Waals surface area contributed by atoms with Gasteiger partial charge in [0.1, 0.15) is 0 Å². The van der Waals surface area contributed by atoms with Gasteiger partial charge in [-0.2, -0.15) is 5.10 Å². The van der Waals surface area contributed by atoms with Gasteiger partial charge in [-0.25, -0.2) is 0 Å². The van der Waals surface area contributed by atoms with E-state index in [9.17, 15) is 4.79 Å². The van der Waals surface area contributed by atoms with Crippen LogP contribution in [0.2, 0.25) is 0 Å². The summed E-state index contributed by atoms with van der Waals surface area (Å²) in [5.41, 5.74) is 7.81. The summed E-state index contributed by atoms with van der Waals surface area (Å²) in [4.78, 5) is 12.3. The van der Waals surface area contributed by atoms with Gasteiger partial charge in [0.05, 0.1) is 18.2 Å². The molecule has 1 aromatic carbocycles. The maximum absolute atomic E-state index is 12.3. The molecule has 0 spiro atoms. The average molecular weight is 272 g/mol. The molecule has 0 aliphatic heterocycles. The summed E-state index contributed by atoms with van der Waals surface area (Å²) in [6, 6.07) is 9.84. The fourth-order valence-corrected chi connectivity index (χ4v) is 2.09. The Labute approximate surface area is 118 Å². The Morgan fingerprint density at radius 3 is 2.75 bits per heavy atom. The van der Waals surface area contributed by atoms with Crippen LogP contribution in [-0.2, 0) is 11.2 Å². The second kappa shape index (κ2) is 6.86. The first-order valence-electron chi connectivity index (χ1n) is 6.73. The van der Waals surface area contributed by atoms with Crippen molar-refractivity contribution in [3.05, 3.63) is 53.9 Å². The zero-order chi connectivity index (χ0) is 14.4. The Bertz CT molecular complexity index is 524. The first kappa shape index (κ1) is 14.3. The van der Waals surface area contributed by atoms with Crippen molar-refractivity contribution in [2.24, 2.45) is 11.7 Å². The SMILES string of the molecule is CC(NC(=O)C(CN)Cc1ccccc1)c1cn[nH]c1. The van der Waals surface area contributed by atoms with E-state index in [1.54, 1.807) is 12.4 Å². The predicted molar refractivity (Wildman–Crippen MR) is 77.8 cm³/mol. The first-order chi connectivity index (χ1) is 9.70. The molecule has 1 aromatic heterocycles. The van der Waals surface area contributed by atoms with Gasteiger partial charge in [-0.15, -0.1) is 0 Å². The van der Waals surface area contributed by atoms with Gasteiger partial charge in [0.25, 0.3) is 0 Å². The molecule has 4 N–H and O–H groups in total. The fourth-order valence-electron chi connectivity index (χ4n) is 2.09. The Morgan fingerprint density at radius 2 is 2.15 bits per heavy atom. The number of nitrogens with one attached hydrogen (secondary N) is 2. The van der Waals surface area contributed by atoms with Crippen LogP contribution in [0.3, 0.4) is 0 Å². The third kappa shape index (κ3) is 3.68. The molecule has 5 heteroatoms. The number of nitrogens with two attached hydrogens (primary N) is 1. The van der Waals surface area contributed by atoms with Crippen LogP contribution in [0.5, 0.6) is 0 Å². The van der Waals surface area contributed by atoms with Crippen molar-refractivity contribution >= 4 is 5.91 Å². The largest absolute Gasteiger partial charge is 0.349 e. The molecule has 2 unspecified atom stereocenters. The molecule has 2 rings (SSSR count). The number of carbonyl (C=O) groups is 1. The lowest BCUT2D eigenvalue weighted by molar-refractivity contribution is -0.125. The summed E-state index contributed by atoms with van der Waals surface area (Å²) < 4.78 is 0. The quantitative estimate of drug-likeness (QED) is 0.743. The Morgan fingerprint density at radius 1 is 1.40 bits per heavy atom. The standard InChI is InChI=1S/C15H20N4O/c1-11(14-9-17-18-10-14)19-15(20)13(8-16)7-12-5-3-2-4-6-12/h2-6,9-11,13H,7-8,16H2,1H3,(H,17,18)(H,19,20). The number of nitrogens with zero attached hydrogens (tertiary/aromatic N) is 1. The number of carbonyl (C=O) groups excluding carboxylic acids is 1. The van der Waals surface area contributed by atoms with Gasteiger partial charge in [-0.3, -0.25) is 9.89 Å². The average Bonchev–Trinajstić information content (AvgIpc) is 3.00. The predicted octanol–water partition coefficient (Wildman–Crippen LogP) is 1.40. The van der Waals surface area contributed by atoms with Crippen LogP contribution >= 0.6 is 0 Å². The Kier molecular flexibility index (Phi) is 4.90. The van der Waals surface area contributed by atoms with E-state index in [4.69, 9.17) is 5.73 Å². The van der Waals surface area contributed by atoms with Crippen LogP contribution in [0.15, 0.2) is 42.7 Å². The lowest BCUT2D eigenvalue weighted by Crippen LogP contribution is -2.37. The van der Waals surface area contributed by atoms with Crippen LogP contribution in [0.25, 0.3) is 0 Å². The molecular formula is C15H20N4O. The first-order valence-corrected chi connectivity index (χ1v) is 6.73. The third-order valence-corrected chi connectivity index (χ3v) is 3.36. The smallest absolute Gasteiger partial charge is 0.225 e. The van der Waals surface area contributed by atoms with Gasteiger partial charge in [-0.05, 0) is 18.9 Å². The molecule has 2 atom stereocenters. The molecule has 2 aromatic rings.